The van der Waals surface area contributed by atoms with Gasteiger partial charge in [-0.1, -0.05) is 11.6 Å². The third kappa shape index (κ3) is 1.81. The molecule has 3 saturated heterocycles. The van der Waals surface area contributed by atoms with E-state index in [-0.39, 0.29) is 0 Å². The summed E-state index contributed by atoms with van der Waals surface area (Å²) in [6.07, 6.45) is 4.79. The summed E-state index contributed by atoms with van der Waals surface area (Å²) >= 11 is 5.91. The van der Waals surface area contributed by atoms with Gasteiger partial charge >= 0.3 is 0 Å². The highest BCUT2D eigenvalue weighted by molar-refractivity contribution is 6.29. The average Bonchev–Trinajstić information content (AvgIpc) is 2.33. The number of pyridine rings is 1. The van der Waals surface area contributed by atoms with Crippen LogP contribution in [0, 0.1) is 17.8 Å². The van der Waals surface area contributed by atoms with Gasteiger partial charge in [0.25, 0.3) is 0 Å². The second kappa shape index (κ2) is 4.10. The third-order valence-corrected chi connectivity index (χ3v) is 4.88. The van der Waals surface area contributed by atoms with E-state index in [1.165, 1.54) is 32.5 Å². The molecule has 96 valence electrons. The van der Waals surface area contributed by atoms with Gasteiger partial charge in [0.05, 0.1) is 0 Å². The van der Waals surface area contributed by atoms with Crippen LogP contribution < -0.4 is 4.74 Å². The van der Waals surface area contributed by atoms with E-state index in [1.54, 1.807) is 6.20 Å². The summed E-state index contributed by atoms with van der Waals surface area (Å²) in [7, 11) is 0. The van der Waals surface area contributed by atoms with Crippen molar-refractivity contribution in [3.63, 3.8) is 0 Å². The minimum atomic E-state index is 0.385. The molecule has 18 heavy (non-hydrogen) atoms. The van der Waals surface area contributed by atoms with Crippen molar-refractivity contribution in [2.75, 3.05) is 19.6 Å². The van der Waals surface area contributed by atoms with Gasteiger partial charge in [0, 0.05) is 43.7 Å². The lowest BCUT2D eigenvalue weighted by Gasteiger charge is -2.55. The first kappa shape index (κ1) is 11.1. The van der Waals surface area contributed by atoms with Gasteiger partial charge in [0.15, 0.2) is 0 Å². The molecule has 4 heterocycles. The Morgan fingerprint density at radius 3 is 2.67 bits per heavy atom. The van der Waals surface area contributed by atoms with Crippen LogP contribution in [0.1, 0.15) is 12.8 Å². The molecule has 0 aromatic carbocycles. The molecular formula is C14H17ClN2O. The first-order chi connectivity index (χ1) is 8.78. The van der Waals surface area contributed by atoms with Gasteiger partial charge in [0.2, 0.25) is 0 Å². The highest BCUT2D eigenvalue weighted by Gasteiger charge is 2.48. The number of ether oxygens (including phenoxy) is 1. The van der Waals surface area contributed by atoms with E-state index >= 15 is 0 Å². The van der Waals surface area contributed by atoms with Gasteiger partial charge in [-0.25, -0.2) is 4.98 Å². The number of hydrogen-bond donors (Lipinski definition) is 0. The lowest BCUT2D eigenvalue weighted by Crippen LogP contribution is -2.61. The number of hydrogen-bond acceptors (Lipinski definition) is 3. The van der Waals surface area contributed by atoms with E-state index in [9.17, 15) is 0 Å². The molecule has 0 amide bonds. The van der Waals surface area contributed by atoms with Crippen molar-refractivity contribution < 1.29 is 4.74 Å². The summed E-state index contributed by atoms with van der Waals surface area (Å²) in [6, 6.07) is 3.74. The molecule has 3 aliphatic heterocycles. The molecule has 0 radical (unpaired) electrons. The summed E-state index contributed by atoms with van der Waals surface area (Å²) in [4.78, 5) is 6.62. The average molecular weight is 265 g/mol. The molecule has 2 unspecified atom stereocenters. The van der Waals surface area contributed by atoms with E-state index in [0.717, 1.165) is 11.7 Å². The Morgan fingerprint density at radius 2 is 2.00 bits per heavy atom. The first-order valence-corrected chi connectivity index (χ1v) is 7.16. The Labute approximate surface area is 112 Å². The van der Waals surface area contributed by atoms with Crippen LogP contribution in [-0.4, -0.2) is 35.6 Å². The molecule has 5 rings (SSSR count). The topological polar surface area (TPSA) is 25.4 Å². The number of halogens is 1. The van der Waals surface area contributed by atoms with Gasteiger partial charge in [-0.05, 0) is 24.8 Å². The van der Waals surface area contributed by atoms with E-state index in [2.05, 4.69) is 9.88 Å². The van der Waals surface area contributed by atoms with Crippen molar-refractivity contribution >= 4 is 11.6 Å². The van der Waals surface area contributed by atoms with E-state index in [1.807, 2.05) is 12.1 Å². The summed E-state index contributed by atoms with van der Waals surface area (Å²) in [6.45, 7) is 3.76. The van der Waals surface area contributed by atoms with Crippen molar-refractivity contribution in [3.8, 4) is 5.75 Å². The quantitative estimate of drug-likeness (QED) is 0.768. The zero-order chi connectivity index (χ0) is 12.1. The summed E-state index contributed by atoms with van der Waals surface area (Å²) in [5, 5.41) is 0.514. The van der Waals surface area contributed by atoms with Crippen LogP contribution in [0.5, 0.6) is 5.75 Å². The van der Waals surface area contributed by atoms with Crippen LogP contribution in [0.15, 0.2) is 18.3 Å². The fourth-order valence-electron chi connectivity index (χ4n) is 4.17. The van der Waals surface area contributed by atoms with Crippen molar-refractivity contribution in [2.24, 2.45) is 17.8 Å². The van der Waals surface area contributed by atoms with Crippen LogP contribution in [0.2, 0.25) is 5.15 Å². The van der Waals surface area contributed by atoms with Crippen LogP contribution >= 0.6 is 11.6 Å². The van der Waals surface area contributed by atoms with Crippen LogP contribution in [0.25, 0.3) is 0 Å². The molecule has 1 aromatic rings. The number of piperidine rings is 3. The standard InChI is InChI=1S/C14H17ClN2O/c15-13-5-12(1-2-16-13)18-14-10-3-9-4-11(14)8-17(6-9)7-10/h1-2,5,9-11,14H,3-4,6-8H2. The Hall–Kier alpha value is -0.800. The Kier molecular flexibility index (Phi) is 2.52. The van der Waals surface area contributed by atoms with Gasteiger partial charge < -0.3 is 9.64 Å². The molecule has 3 nitrogen and oxygen atoms in total. The predicted molar refractivity (Wildman–Crippen MR) is 69.8 cm³/mol. The van der Waals surface area contributed by atoms with Gasteiger partial charge in [-0.3, -0.25) is 0 Å². The van der Waals surface area contributed by atoms with E-state index < -0.39 is 0 Å². The molecule has 0 N–H and O–H groups in total. The second-order valence-corrected chi connectivity index (χ2v) is 6.36. The fraction of sp³-hybridized carbons (Fsp3) is 0.643. The first-order valence-electron chi connectivity index (χ1n) is 6.78. The lowest BCUT2D eigenvalue weighted by molar-refractivity contribution is -0.0984. The predicted octanol–water partition coefficient (Wildman–Crippen LogP) is 2.45. The van der Waals surface area contributed by atoms with Crippen molar-refractivity contribution in [1.82, 2.24) is 9.88 Å². The van der Waals surface area contributed by atoms with Gasteiger partial charge in [-0.15, -0.1) is 0 Å². The molecule has 4 heteroatoms. The largest absolute Gasteiger partial charge is 0.490 e. The van der Waals surface area contributed by atoms with Crippen molar-refractivity contribution in [3.05, 3.63) is 23.5 Å². The molecule has 0 spiro atoms. The zero-order valence-corrected chi connectivity index (χ0v) is 11.0. The molecule has 1 aromatic heterocycles. The Morgan fingerprint density at radius 1 is 1.22 bits per heavy atom. The maximum absolute atomic E-state index is 6.22. The van der Waals surface area contributed by atoms with Crippen molar-refractivity contribution in [1.29, 1.82) is 0 Å². The highest BCUT2D eigenvalue weighted by atomic mass is 35.5. The summed E-state index contributed by atoms with van der Waals surface area (Å²) in [5.41, 5.74) is 0. The summed E-state index contributed by atoms with van der Waals surface area (Å²) in [5.74, 6) is 3.22. The minimum Gasteiger partial charge on any atom is -0.490 e. The molecule has 2 atom stereocenters. The van der Waals surface area contributed by atoms with E-state index in [4.69, 9.17) is 16.3 Å². The normalized spacial score (nSPS) is 41.1. The van der Waals surface area contributed by atoms with Crippen LogP contribution in [-0.2, 0) is 0 Å². The zero-order valence-electron chi connectivity index (χ0n) is 10.3. The molecule has 1 aliphatic carbocycles. The maximum Gasteiger partial charge on any atom is 0.132 e. The van der Waals surface area contributed by atoms with E-state index in [0.29, 0.717) is 23.1 Å². The van der Waals surface area contributed by atoms with Crippen molar-refractivity contribution in [2.45, 2.75) is 18.9 Å². The minimum absolute atomic E-state index is 0.385. The Bertz CT molecular complexity index is 437. The molecule has 1 saturated carbocycles. The monoisotopic (exact) mass is 264 g/mol. The second-order valence-electron chi connectivity index (χ2n) is 5.97. The number of nitrogens with zero attached hydrogens (tertiary/aromatic N) is 2. The maximum atomic E-state index is 6.22. The Balaban J connectivity index is 1.55. The molecule has 4 fully saturated rings. The van der Waals surface area contributed by atoms with Crippen LogP contribution in [0.4, 0.5) is 0 Å². The molecular weight excluding hydrogens is 248 g/mol. The SMILES string of the molecule is Clc1cc(OC2C3CC4CC2CN(C4)C3)ccn1. The van der Waals surface area contributed by atoms with Gasteiger partial charge in [-0.2, -0.15) is 0 Å². The number of aromatic nitrogens is 1. The summed E-state index contributed by atoms with van der Waals surface area (Å²) < 4.78 is 6.22. The smallest absolute Gasteiger partial charge is 0.132 e. The van der Waals surface area contributed by atoms with Crippen LogP contribution in [0.3, 0.4) is 0 Å². The fourth-order valence-corrected chi connectivity index (χ4v) is 4.34. The molecule has 4 bridgehead atoms. The number of rotatable bonds is 2. The lowest BCUT2D eigenvalue weighted by atomic mass is 9.66. The third-order valence-electron chi connectivity index (χ3n) is 4.67. The molecule has 4 aliphatic rings. The highest BCUT2D eigenvalue weighted by Crippen LogP contribution is 2.44. The van der Waals surface area contributed by atoms with Gasteiger partial charge in [0.1, 0.15) is 17.0 Å².